The molecular weight excluding hydrogens is 307 g/mol. The molecule has 0 atom stereocenters. The maximum Gasteiger partial charge on any atom is 0.389 e. The first-order chi connectivity index (χ1) is 10.8. The van der Waals surface area contributed by atoms with E-state index in [1.165, 1.54) is 0 Å². The van der Waals surface area contributed by atoms with Gasteiger partial charge in [-0.2, -0.15) is 13.2 Å². The molecule has 1 aromatic carbocycles. The van der Waals surface area contributed by atoms with Gasteiger partial charge in [0.2, 0.25) is 5.91 Å². The molecule has 6 heteroatoms. The minimum absolute atomic E-state index is 0.0584. The van der Waals surface area contributed by atoms with E-state index >= 15 is 0 Å². The van der Waals surface area contributed by atoms with Gasteiger partial charge in [0.25, 0.3) is 0 Å². The maximum atomic E-state index is 12.2. The van der Waals surface area contributed by atoms with Crippen LogP contribution in [0.25, 0.3) is 0 Å². The van der Waals surface area contributed by atoms with Crippen LogP contribution in [0.15, 0.2) is 24.3 Å². The molecule has 0 bridgehead atoms. The van der Waals surface area contributed by atoms with Gasteiger partial charge in [-0.15, -0.1) is 0 Å². The molecule has 0 aliphatic heterocycles. The zero-order valence-electron chi connectivity index (χ0n) is 13.0. The van der Waals surface area contributed by atoms with Crippen LogP contribution in [0.4, 0.5) is 18.9 Å². The van der Waals surface area contributed by atoms with Crippen molar-refractivity contribution in [3.63, 3.8) is 0 Å². The van der Waals surface area contributed by atoms with Crippen molar-refractivity contribution < 1.29 is 23.1 Å². The summed E-state index contributed by atoms with van der Waals surface area (Å²) in [5.41, 5.74) is 0.186. The number of rotatable bonds is 5. The van der Waals surface area contributed by atoms with E-state index in [0.717, 1.165) is 19.3 Å². The van der Waals surface area contributed by atoms with Crippen molar-refractivity contribution in [1.82, 2.24) is 0 Å². The molecular formula is C17H22F3NO2. The summed E-state index contributed by atoms with van der Waals surface area (Å²) in [4.78, 5) is 12.0. The molecule has 3 nitrogen and oxygen atoms in total. The van der Waals surface area contributed by atoms with Gasteiger partial charge in [-0.25, -0.2) is 0 Å². The van der Waals surface area contributed by atoms with Gasteiger partial charge in [0.05, 0.1) is 12.0 Å². The van der Waals surface area contributed by atoms with Gasteiger partial charge in [0.15, 0.2) is 0 Å². The number of anilines is 1. The predicted molar refractivity (Wildman–Crippen MR) is 82.1 cm³/mol. The fraction of sp³-hybridized carbons (Fsp3) is 0.588. The molecule has 2 N–H and O–H groups in total. The lowest BCUT2D eigenvalue weighted by molar-refractivity contribution is -0.134. The molecule has 128 valence electrons. The lowest BCUT2D eigenvalue weighted by Crippen LogP contribution is -2.35. The highest BCUT2D eigenvalue weighted by Crippen LogP contribution is 2.31. The van der Waals surface area contributed by atoms with Crippen LogP contribution in [-0.4, -0.2) is 22.8 Å². The van der Waals surface area contributed by atoms with Gasteiger partial charge in [0.1, 0.15) is 0 Å². The first-order valence-electron chi connectivity index (χ1n) is 7.94. The van der Waals surface area contributed by atoms with Crippen molar-refractivity contribution >= 4 is 11.6 Å². The van der Waals surface area contributed by atoms with Gasteiger partial charge in [0, 0.05) is 12.1 Å². The summed E-state index contributed by atoms with van der Waals surface area (Å²) in [6, 6.07) is 6.34. The van der Waals surface area contributed by atoms with Crippen molar-refractivity contribution in [2.24, 2.45) is 0 Å². The first kappa shape index (κ1) is 17.8. The Balaban J connectivity index is 1.84. The summed E-state index contributed by atoms with van der Waals surface area (Å²) in [6.45, 7) is 0. The Morgan fingerprint density at radius 1 is 1.13 bits per heavy atom. The molecule has 0 heterocycles. The third kappa shape index (κ3) is 6.22. The topological polar surface area (TPSA) is 49.3 Å². The number of halogens is 3. The number of aliphatic hydroxyl groups is 1. The zero-order chi connectivity index (χ0) is 16.9. The number of carbonyl (C=O) groups excluding carboxylic acids is 1. The standard InChI is InChI=1S/C17H22F3NO2/c18-17(19,20)11-8-13-4-6-14(7-5-13)21-15(22)12-16(23)9-2-1-3-10-16/h4-7,23H,1-3,8-12H2,(H,21,22). The molecule has 23 heavy (non-hydrogen) atoms. The highest BCUT2D eigenvalue weighted by atomic mass is 19.4. The van der Waals surface area contributed by atoms with Crippen LogP contribution in [0, 0.1) is 0 Å². The van der Waals surface area contributed by atoms with Crippen LogP contribution < -0.4 is 5.32 Å². The Labute approximate surface area is 133 Å². The van der Waals surface area contributed by atoms with Crippen molar-refractivity contribution in [3.05, 3.63) is 29.8 Å². The van der Waals surface area contributed by atoms with Gasteiger partial charge >= 0.3 is 6.18 Å². The van der Waals surface area contributed by atoms with Crippen LogP contribution in [0.5, 0.6) is 0 Å². The molecule has 1 saturated carbocycles. The molecule has 2 rings (SSSR count). The van der Waals surface area contributed by atoms with E-state index in [-0.39, 0.29) is 18.7 Å². The highest BCUT2D eigenvalue weighted by Gasteiger charge is 2.31. The van der Waals surface area contributed by atoms with E-state index in [1.807, 2.05) is 0 Å². The number of aryl methyl sites for hydroxylation is 1. The van der Waals surface area contributed by atoms with Crippen LogP contribution >= 0.6 is 0 Å². The molecule has 0 spiro atoms. The molecule has 1 aliphatic carbocycles. The molecule has 1 amide bonds. The number of benzene rings is 1. The molecule has 0 saturated heterocycles. The number of hydrogen-bond acceptors (Lipinski definition) is 2. The Bertz CT molecular complexity index is 520. The second-order valence-corrected chi connectivity index (χ2v) is 6.32. The fourth-order valence-electron chi connectivity index (χ4n) is 2.93. The maximum absolute atomic E-state index is 12.2. The number of amides is 1. The summed E-state index contributed by atoms with van der Waals surface area (Å²) in [7, 11) is 0. The predicted octanol–water partition coefficient (Wildman–Crippen LogP) is 4.21. The summed E-state index contributed by atoms with van der Waals surface area (Å²) >= 11 is 0. The summed E-state index contributed by atoms with van der Waals surface area (Å²) < 4.78 is 36.5. The van der Waals surface area contributed by atoms with Crippen molar-refractivity contribution in [2.75, 3.05) is 5.32 Å². The molecule has 1 fully saturated rings. The van der Waals surface area contributed by atoms with Gasteiger partial charge in [-0.1, -0.05) is 31.4 Å². The van der Waals surface area contributed by atoms with Crippen LogP contribution in [0.2, 0.25) is 0 Å². The average Bonchev–Trinajstić information content (AvgIpc) is 2.46. The van der Waals surface area contributed by atoms with E-state index in [0.29, 0.717) is 24.1 Å². The minimum Gasteiger partial charge on any atom is -0.389 e. The fourth-order valence-corrected chi connectivity index (χ4v) is 2.93. The number of alkyl halides is 3. The average molecular weight is 329 g/mol. The Kier molecular flexibility index (Phi) is 5.68. The largest absolute Gasteiger partial charge is 0.389 e. The van der Waals surface area contributed by atoms with Crippen molar-refractivity contribution in [2.45, 2.75) is 63.1 Å². The smallest absolute Gasteiger partial charge is 0.389 e. The number of hydrogen-bond donors (Lipinski definition) is 2. The van der Waals surface area contributed by atoms with E-state index in [2.05, 4.69) is 5.32 Å². The lowest BCUT2D eigenvalue weighted by atomic mass is 9.82. The summed E-state index contributed by atoms with van der Waals surface area (Å²) in [5, 5.41) is 13.0. The van der Waals surface area contributed by atoms with E-state index in [9.17, 15) is 23.1 Å². The molecule has 1 aliphatic rings. The Morgan fingerprint density at radius 2 is 1.74 bits per heavy atom. The summed E-state index contributed by atoms with van der Waals surface area (Å²) in [5.74, 6) is -0.266. The van der Waals surface area contributed by atoms with Crippen LogP contribution in [0.1, 0.15) is 50.5 Å². The van der Waals surface area contributed by atoms with Crippen LogP contribution in [-0.2, 0) is 11.2 Å². The zero-order valence-corrected chi connectivity index (χ0v) is 13.0. The third-order valence-corrected chi connectivity index (χ3v) is 4.21. The Hall–Kier alpha value is -1.56. The quantitative estimate of drug-likeness (QED) is 0.850. The van der Waals surface area contributed by atoms with Gasteiger partial charge < -0.3 is 10.4 Å². The van der Waals surface area contributed by atoms with Crippen LogP contribution in [0.3, 0.4) is 0 Å². The second-order valence-electron chi connectivity index (χ2n) is 6.32. The van der Waals surface area contributed by atoms with E-state index < -0.39 is 18.2 Å². The van der Waals surface area contributed by atoms with E-state index in [4.69, 9.17) is 0 Å². The Morgan fingerprint density at radius 3 is 2.30 bits per heavy atom. The molecule has 0 aromatic heterocycles. The third-order valence-electron chi connectivity index (χ3n) is 4.21. The molecule has 0 radical (unpaired) electrons. The second kappa shape index (κ2) is 7.34. The van der Waals surface area contributed by atoms with Crippen molar-refractivity contribution in [3.8, 4) is 0 Å². The SMILES string of the molecule is O=C(CC1(O)CCCCC1)Nc1ccc(CCC(F)(F)F)cc1. The highest BCUT2D eigenvalue weighted by molar-refractivity contribution is 5.91. The lowest BCUT2D eigenvalue weighted by Gasteiger charge is -2.31. The number of carbonyl (C=O) groups is 1. The van der Waals surface area contributed by atoms with Gasteiger partial charge in [-0.05, 0) is 37.0 Å². The van der Waals surface area contributed by atoms with Crippen molar-refractivity contribution in [1.29, 1.82) is 0 Å². The molecule has 1 aromatic rings. The van der Waals surface area contributed by atoms with Gasteiger partial charge in [-0.3, -0.25) is 4.79 Å². The first-order valence-corrected chi connectivity index (χ1v) is 7.94. The number of nitrogens with one attached hydrogen (secondary N) is 1. The summed E-state index contributed by atoms with van der Waals surface area (Å²) in [6.07, 6.45) is -0.819. The monoisotopic (exact) mass is 329 g/mol. The normalized spacial score (nSPS) is 17.7. The minimum atomic E-state index is -4.16. The van der Waals surface area contributed by atoms with E-state index in [1.54, 1.807) is 24.3 Å². The molecule has 0 unspecified atom stereocenters.